The van der Waals surface area contributed by atoms with E-state index in [-0.39, 0.29) is 16.1 Å². The average Bonchev–Trinajstić information content (AvgIpc) is 2.33. The van der Waals surface area contributed by atoms with Crippen LogP contribution < -0.4 is 5.32 Å². The van der Waals surface area contributed by atoms with E-state index >= 15 is 0 Å². The Morgan fingerprint density at radius 3 is 2.58 bits per heavy atom. The van der Waals surface area contributed by atoms with Crippen LogP contribution in [0.1, 0.15) is 12.6 Å². The zero-order valence-corrected chi connectivity index (χ0v) is 10.5. The molecule has 19 heavy (non-hydrogen) atoms. The summed E-state index contributed by atoms with van der Waals surface area (Å²) >= 11 is 5.57. The number of anilines is 1. The molecule has 0 radical (unpaired) electrons. The summed E-state index contributed by atoms with van der Waals surface area (Å²) in [5, 5.41) is 2.76. The lowest BCUT2D eigenvalue weighted by Gasteiger charge is -2.13. The normalized spacial score (nSPS) is 11.9. The second kappa shape index (κ2) is 4.85. The van der Waals surface area contributed by atoms with Gasteiger partial charge in [0.15, 0.2) is 5.82 Å². The minimum atomic E-state index is -4.65. The molecule has 0 fully saturated rings. The van der Waals surface area contributed by atoms with Crippen LogP contribution in [0.4, 0.5) is 23.2 Å². The molecule has 1 N–H and O–H groups in total. The Morgan fingerprint density at radius 2 is 2.00 bits per heavy atom. The lowest BCUT2D eigenvalue weighted by atomic mass is 10.1. The molecule has 0 aliphatic rings. The molecule has 0 aliphatic carbocycles. The number of halogens is 5. The number of fused-ring (bicyclic) bond motifs is 1. The van der Waals surface area contributed by atoms with Crippen molar-refractivity contribution < 1.29 is 17.6 Å². The average molecular weight is 293 g/mol. The van der Waals surface area contributed by atoms with Crippen molar-refractivity contribution in [1.82, 2.24) is 4.98 Å². The van der Waals surface area contributed by atoms with Gasteiger partial charge >= 0.3 is 6.18 Å². The summed E-state index contributed by atoms with van der Waals surface area (Å²) in [4.78, 5) is 3.33. The highest BCUT2D eigenvalue weighted by atomic mass is 35.5. The Labute approximate surface area is 111 Å². The maximum atomic E-state index is 13.8. The summed E-state index contributed by atoms with van der Waals surface area (Å²) in [7, 11) is 0. The Balaban J connectivity index is 2.80. The van der Waals surface area contributed by atoms with Crippen LogP contribution in [-0.4, -0.2) is 11.5 Å². The van der Waals surface area contributed by atoms with E-state index in [9.17, 15) is 17.6 Å². The monoisotopic (exact) mass is 292 g/mol. The van der Waals surface area contributed by atoms with Gasteiger partial charge in [0.25, 0.3) is 0 Å². The molecule has 0 aliphatic heterocycles. The van der Waals surface area contributed by atoms with Crippen molar-refractivity contribution in [1.29, 1.82) is 0 Å². The Bertz CT molecular complexity index is 625. The first-order chi connectivity index (χ1) is 8.84. The van der Waals surface area contributed by atoms with E-state index in [0.29, 0.717) is 6.54 Å². The molecule has 0 bridgehead atoms. The summed E-state index contributed by atoms with van der Waals surface area (Å²) in [6.45, 7) is 2.13. The molecule has 0 saturated heterocycles. The fourth-order valence-electron chi connectivity index (χ4n) is 1.72. The van der Waals surface area contributed by atoms with Crippen molar-refractivity contribution in [3.8, 4) is 0 Å². The van der Waals surface area contributed by atoms with Crippen LogP contribution in [0.3, 0.4) is 0 Å². The molecule has 0 spiro atoms. The highest BCUT2D eigenvalue weighted by molar-refractivity contribution is 6.31. The third-order valence-corrected chi connectivity index (χ3v) is 2.82. The number of nitrogens with one attached hydrogen (secondary N) is 1. The third kappa shape index (κ3) is 2.58. The summed E-state index contributed by atoms with van der Waals surface area (Å²) < 4.78 is 52.0. The molecule has 2 rings (SSSR count). The zero-order chi connectivity index (χ0) is 14.2. The minimum Gasteiger partial charge on any atom is -0.385 e. The molecule has 1 aromatic carbocycles. The van der Waals surface area contributed by atoms with Gasteiger partial charge in [0.05, 0.1) is 5.02 Å². The van der Waals surface area contributed by atoms with Crippen molar-refractivity contribution in [2.45, 2.75) is 13.1 Å². The van der Waals surface area contributed by atoms with E-state index in [0.717, 1.165) is 6.07 Å². The number of pyridine rings is 1. The molecule has 2 aromatic rings. The van der Waals surface area contributed by atoms with Gasteiger partial charge in [-0.25, -0.2) is 9.37 Å². The predicted octanol–water partition coefficient (Wildman–Crippen LogP) is 4.48. The highest BCUT2D eigenvalue weighted by Gasteiger charge is 2.33. The molecular weight excluding hydrogens is 284 g/mol. The Morgan fingerprint density at radius 1 is 1.32 bits per heavy atom. The van der Waals surface area contributed by atoms with Crippen LogP contribution in [0.2, 0.25) is 5.02 Å². The van der Waals surface area contributed by atoms with Gasteiger partial charge in [-0.3, -0.25) is 0 Å². The Kier molecular flexibility index (Phi) is 3.54. The first-order valence-electron chi connectivity index (χ1n) is 5.44. The van der Waals surface area contributed by atoms with Gasteiger partial charge in [0, 0.05) is 17.6 Å². The molecule has 1 heterocycles. The summed E-state index contributed by atoms with van der Waals surface area (Å²) in [5.41, 5.74) is -1.37. The lowest BCUT2D eigenvalue weighted by Crippen LogP contribution is -2.10. The van der Waals surface area contributed by atoms with E-state index in [2.05, 4.69) is 10.3 Å². The van der Waals surface area contributed by atoms with Gasteiger partial charge in [-0.15, -0.1) is 0 Å². The van der Waals surface area contributed by atoms with Crippen molar-refractivity contribution in [3.05, 3.63) is 34.7 Å². The number of nitrogens with zero attached hydrogens (tertiary/aromatic N) is 1. The minimum absolute atomic E-state index is 0.176. The molecule has 102 valence electrons. The first kappa shape index (κ1) is 13.9. The molecule has 0 atom stereocenters. The standard InChI is InChI=1S/C12H9ClF4N2/c1-2-18-8-5-9(12(15,16)17)19-11-6(8)3-4-7(13)10(11)14/h3-5H,2H2,1H3,(H,18,19). The lowest BCUT2D eigenvalue weighted by molar-refractivity contribution is -0.140. The number of rotatable bonds is 2. The van der Waals surface area contributed by atoms with Crippen LogP contribution >= 0.6 is 11.6 Å². The van der Waals surface area contributed by atoms with Crippen molar-refractivity contribution in [2.24, 2.45) is 0 Å². The van der Waals surface area contributed by atoms with Crippen molar-refractivity contribution in [2.75, 3.05) is 11.9 Å². The summed E-state index contributed by atoms with van der Waals surface area (Å²) in [6.07, 6.45) is -4.65. The van der Waals surface area contributed by atoms with Gasteiger partial charge in [0.1, 0.15) is 11.2 Å². The smallest absolute Gasteiger partial charge is 0.385 e. The molecule has 7 heteroatoms. The Hall–Kier alpha value is -1.56. The van der Waals surface area contributed by atoms with Gasteiger partial charge in [0.2, 0.25) is 0 Å². The van der Waals surface area contributed by atoms with E-state index in [4.69, 9.17) is 11.6 Å². The number of benzene rings is 1. The van der Waals surface area contributed by atoms with Crippen molar-refractivity contribution >= 4 is 28.2 Å². The fourth-order valence-corrected chi connectivity index (χ4v) is 1.87. The SMILES string of the molecule is CCNc1cc(C(F)(F)F)nc2c(F)c(Cl)ccc12. The maximum absolute atomic E-state index is 13.8. The van der Waals surface area contributed by atoms with Crippen LogP contribution in [-0.2, 0) is 6.18 Å². The molecule has 0 unspecified atom stereocenters. The summed E-state index contributed by atoms with van der Waals surface area (Å²) in [6, 6.07) is 3.58. The second-order valence-electron chi connectivity index (χ2n) is 3.84. The first-order valence-corrected chi connectivity index (χ1v) is 5.82. The largest absolute Gasteiger partial charge is 0.433 e. The molecule has 1 aromatic heterocycles. The number of aromatic nitrogens is 1. The van der Waals surface area contributed by atoms with Crippen LogP contribution in [0, 0.1) is 5.82 Å². The second-order valence-corrected chi connectivity index (χ2v) is 4.25. The molecule has 0 saturated carbocycles. The number of hydrogen-bond acceptors (Lipinski definition) is 2. The van der Waals surface area contributed by atoms with Gasteiger partial charge in [-0.05, 0) is 25.1 Å². The molecular formula is C12H9ClF4N2. The number of hydrogen-bond donors (Lipinski definition) is 1. The van der Waals surface area contributed by atoms with E-state index in [1.54, 1.807) is 6.92 Å². The van der Waals surface area contributed by atoms with Gasteiger partial charge < -0.3 is 5.32 Å². The van der Waals surface area contributed by atoms with E-state index in [1.165, 1.54) is 12.1 Å². The quantitative estimate of drug-likeness (QED) is 0.826. The van der Waals surface area contributed by atoms with E-state index in [1.807, 2.05) is 0 Å². The molecule has 2 nitrogen and oxygen atoms in total. The van der Waals surface area contributed by atoms with Gasteiger partial charge in [-0.1, -0.05) is 11.6 Å². The van der Waals surface area contributed by atoms with Crippen LogP contribution in [0.5, 0.6) is 0 Å². The zero-order valence-electron chi connectivity index (χ0n) is 9.78. The third-order valence-electron chi connectivity index (χ3n) is 2.53. The predicted molar refractivity (Wildman–Crippen MR) is 65.9 cm³/mol. The fraction of sp³-hybridized carbons (Fsp3) is 0.250. The summed E-state index contributed by atoms with van der Waals surface area (Å²) in [5.74, 6) is -0.954. The van der Waals surface area contributed by atoms with Gasteiger partial charge in [-0.2, -0.15) is 13.2 Å². The maximum Gasteiger partial charge on any atom is 0.433 e. The van der Waals surface area contributed by atoms with Crippen LogP contribution in [0.25, 0.3) is 10.9 Å². The van der Waals surface area contributed by atoms with Crippen molar-refractivity contribution in [3.63, 3.8) is 0 Å². The van der Waals surface area contributed by atoms with E-state index < -0.39 is 23.2 Å². The topological polar surface area (TPSA) is 24.9 Å². The number of alkyl halides is 3. The highest BCUT2D eigenvalue weighted by Crippen LogP contribution is 2.35. The molecule has 0 amide bonds. The van der Waals surface area contributed by atoms with Crippen LogP contribution in [0.15, 0.2) is 18.2 Å².